The van der Waals surface area contributed by atoms with Gasteiger partial charge in [0.15, 0.2) is 0 Å². The Morgan fingerprint density at radius 3 is 2.27 bits per heavy atom. The van der Waals surface area contributed by atoms with Crippen LogP contribution in [0.2, 0.25) is 0 Å². The summed E-state index contributed by atoms with van der Waals surface area (Å²) >= 11 is 1.41. The molecule has 0 radical (unpaired) electrons. The highest BCUT2D eigenvalue weighted by Gasteiger charge is 2.20. The number of esters is 1. The lowest BCUT2D eigenvalue weighted by molar-refractivity contribution is 0.0528. The van der Waals surface area contributed by atoms with Crippen LogP contribution in [0, 0.1) is 0 Å². The molecule has 3 rings (SSSR count). The average molecular weight is 422 g/mol. The number of rotatable bonds is 6. The molecule has 0 saturated carbocycles. The lowest BCUT2D eigenvalue weighted by atomic mass is 9.87. The van der Waals surface area contributed by atoms with Crippen molar-refractivity contribution in [3.05, 3.63) is 87.8 Å². The first-order valence-corrected chi connectivity index (χ1v) is 10.8. The van der Waals surface area contributed by atoms with Crippen molar-refractivity contribution in [1.29, 1.82) is 0 Å². The minimum absolute atomic E-state index is 0.0200. The third kappa shape index (κ3) is 5.36. The number of hydrogen-bond acceptors (Lipinski definition) is 4. The van der Waals surface area contributed by atoms with Gasteiger partial charge in [-0.25, -0.2) is 4.79 Å². The minimum atomic E-state index is -0.425. The lowest BCUT2D eigenvalue weighted by Gasteiger charge is -2.19. The van der Waals surface area contributed by atoms with Crippen molar-refractivity contribution < 1.29 is 14.3 Å². The van der Waals surface area contributed by atoms with Crippen molar-refractivity contribution in [2.45, 2.75) is 39.5 Å². The fourth-order valence-corrected chi connectivity index (χ4v) is 4.15. The number of ether oxygens (including phenoxy) is 1. The van der Waals surface area contributed by atoms with Crippen LogP contribution in [0.3, 0.4) is 0 Å². The SMILES string of the molecule is CCOC(=O)c1cc(Cc2ccccc2)sc1NC(=O)c1ccc(C(C)(C)C)cc1. The number of hydrogen-bond donors (Lipinski definition) is 1. The monoisotopic (exact) mass is 421 g/mol. The molecule has 3 aromatic rings. The molecule has 0 saturated heterocycles. The number of anilines is 1. The molecule has 0 aliphatic heterocycles. The van der Waals surface area contributed by atoms with E-state index >= 15 is 0 Å². The molecule has 1 amide bonds. The van der Waals surface area contributed by atoms with Crippen molar-refractivity contribution in [3.63, 3.8) is 0 Å². The Labute approximate surface area is 181 Å². The number of carbonyl (C=O) groups excluding carboxylic acids is 2. The van der Waals surface area contributed by atoms with Gasteiger partial charge in [0.25, 0.3) is 5.91 Å². The predicted molar refractivity (Wildman–Crippen MR) is 123 cm³/mol. The summed E-state index contributed by atoms with van der Waals surface area (Å²) in [5.41, 5.74) is 3.27. The Balaban J connectivity index is 1.84. The van der Waals surface area contributed by atoms with E-state index in [0.717, 1.165) is 16.0 Å². The van der Waals surface area contributed by atoms with Gasteiger partial charge in [0.05, 0.1) is 12.2 Å². The van der Waals surface area contributed by atoms with Gasteiger partial charge in [-0.3, -0.25) is 4.79 Å². The molecule has 0 spiro atoms. The Kier molecular flexibility index (Phi) is 6.73. The molecular weight excluding hydrogens is 394 g/mol. The van der Waals surface area contributed by atoms with Gasteiger partial charge in [-0.1, -0.05) is 63.2 Å². The third-order valence-corrected chi connectivity index (χ3v) is 5.79. The summed E-state index contributed by atoms with van der Waals surface area (Å²) in [6.07, 6.45) is 0.689. The van der Waals surface area contributed by atoms with E-state index in [-0.39, 0.29) is 17.9 Å². The molecule has 5 heteroatoms. The van der Waals surface area contributed by atoms with Crippen LogP contribution < -0.4 is 5.32 Å². The molecule has 0 aliphatic carbocycles. The van der Waals surface area contributed by atoms with E-state index in [1.807, 2.05) is 60.7 Å². The van der Waals surface area contributed by atoms with Crippen molar-refractivity contribution in [2.24, 2.45) is 0 Å². The highest BCUT2D eigenvalue weighted by molar-refractivity contribution is 7.16. The van der Waals surface area contributed by atoms with E-state index in [0.29, 0.717) is 22.5 Å². The van der Waals surface area contributed by atoms with E-state index < -0.39 is 5.97 Å². The Bertz CT molecular complexity index is 1010. The van der Waals surface area contributed by atoms with Crippen LogP contribution in [0.5, 0.6) is 0 Å². The molecule has 4 nitrogen and oxygen atoms in total. The van der Waals surface area contributed by atoms with Gasteiger partial charge in [-0.2, -0.15) is 0 Å². The van der Waals surface area contributed by atoms with E-state index in [4.69, 9.17) is 4.74 Å². The molecular formula is C25H27NO3S. The third-order valence-electron chi connectivity index (χ3n) is 4.74. The van der Waals surface area contributed by atoms with Gasteiger partial charge < -0.3 is 10.1 Å². The molecule has 30 heavy (non-hydrogen) atoms. The fourth-order valence-electron chi connectivity index (χ4n) is 3.08. The fraction of sp³-hybridized carbons (Fsp3) is 0.280. The first-order valence-electron chi connectivity index (χ1n) is 10.0. The van der Waals surface area contributed by atoms with Crippen molar-refractivity contribution in [2.75, 3.05) is 11.9 Å². The average Bonchev–Trinajstić information content (AvgIpc) is 3.10. The van der Waals surface area contributed by atoms with Gasteiger partial charge in [0.2, 0.25) is 0 Å². The van der Waals surface area contributed by atoms with Crippen LogP contribution in [-0.2, 0) is 16.6 Å². The number of thiophene rings is 1. The number of amides is 1. The number of nitrogens with one attached hydrogen (secondary N) is 1. The quantitative estimate of drug-likeness (QED) is 0.492. The standard InChI is InChI=1S/C25H27NO3S/c1-5-29-24(28)21-16-20(15-17-9-7-6-8-10-17)30-23(21)26-22(27)18-11-13-19(14-12-18)25(2,3)4/h6-14,16H,5,15H2,1-4H3,(H,26,27). The van der Waals surface area contributed by atoms with E-state index in [1.54, 1.807) is 6.92 Å². The number of benzene rings is 2. The van der Waals surface area contributed by atoms with E-state index in [9.17, 15) is 9.59 Å². The molecule has 1 heterocycles. The maximum atomic E-state index is 12.8. The molecule has 1 aromatic heterocycles. The zero-order chi connectivity index (χ0) is 21.7. The van der Waals surface area contributed by atoms with E-state index in [1.165, 1.54) is 11.3 Å². The highest BCUT2D eigenvalue weighted by atomic mass is 32.1. The molecule has 0 fully saturated rings. The smallest absolute Gasteiger partial charge is 0.341 e. The second-order valence-electron chi connectivity index (χ2n) is 8.12. The minimum Gasteiger partial charge on any atom is -0.462 e. The van der Waals surface area contributed by atoms with Crippen LogP contribution in [0.1, 0.15) is 64.4 Å². The Hall–Kier alpha value is -2.92. The summed E-state index contributed by atoms with van der Waals surface area (Å²) in [6, 6.07) is 19.4. The maximum absolute atomic E-state index is 12.8. The Morgan fingerprint density at radius 2 is 1.67 bits per heavy atom. The van der Waals surface area contributed by atoms with Gasteiger partial charge in [0.1, 0.15) is 5.00 Å². The molecule has 0 aliphatic rings. The second-order valence-corrected chi connectivity index (χ2v) is 9.26. The van der Waals surface area contributed by atoms with Crippen LogP contribution in [0.4, 0.5) is 5.00 Å². The summed E-state index contributed by atoms with van der Waals surface area (Å²) in [4.78, 5) is 26.2. The number of carbonyl (C=O) groups is 2. The van der Waals surface area contributed by atoms with Crippen LogP contribution in [-0.4, -0.2) is 18.5 Å². The van der Waals surface area contributed by atoms with E-state index in [2.05, 4.69) is 26.1 Å². The van der Waals surface area contributed by atoms with Gasteiger partial charge >= 0.3 is 5.97 Å². The molecule has 0 unspecified atom stereocenters. The first-order chi connectivity index (χ1) is 14.3. The zero-order valence-electron chi connectivity index (χ0n) is 17.8. The van der Waals surface area contributed by atoms with Crippen LogP contribution in [0.25, 0.3) is 0 Å². The van der Waals surface area contributed by atoms with Crippen LogP contribution >= 0.6 is 11.3 Å². The van der Waals surface area contributed by atoms with Gasteiger partial charge in [0, 0.05) is 16.9 Å². The van der Waals surface area contributed by atoms with Gasteiger partial charge in [-0.05, 0) is 41.7 Å². The van der Waals surface area contributed by atoms with Crippen molar-refractivity contribution >= 4 is 28.2 Å². The van der Waals surface area contributed by atoms with Gasteiger partial charge in [-0.15, -0.1) is 11.3 Å². The summed E-state index contributed by atoms with van der Waals surface area (Å²) in [7, 11) is 0. The summed E-state index contributed by atoms with van der Waals surface area (Å²) in [5.74, 6) is -0.666. The van der Waals surface area contributed by atoms with Crippen molar-refractivity contribution in [1.82, 2.24) is 0 Å². The molecule has 1 N–H and O–H groups in total. The largest absolute Gasteiger partial charge is 0.462 e. The molecule has 2 aromatic carbocycles. The zero-order valence-corrected chi connectivity index (χ0v) is 18.6. The summed E-state index contributed by atoms with van der Waals surface area (Å²) in [5, 5.41) is 3.43. The first kappa shape index (κ1) is 21.8. The van der Waals surface area contributed by atoms with Crippen LogP contribution in [0.15, 0.2) is 60.7 Å². The predicted octanol–water partition coefficient (Wildman–Crippen LogP) is 6.07. The normalized spacial score (nSPS) is 11.2. The second kappa shape index (κ2) is 9.26. The molecule has 0 atom stereocenters. The summed E-state index contributed by atoms with van der Waals surface area (Å²) < 4.78 is 5.19. The molecule has 0 bridgehead atoms. The summed E-state index contributed by atoms with van der Waals surface area (Å²) in [6.45, 7) is 8.45. The Morgan fingerprint density at radius 1 is 1.00 bits per heavy atom. The topological polar surface area (TPSA) is 55.4 Å². The highest BCUT2D eigenvalue weighted by Crippen LogP contribution is 2.31. The van der Waals surface area contributed by atoms with Crippen molar-refractivity contribution in [3.8, 4) is 0 Å². The lowest BCUT2D eigenvalue weighted by Crippen LogP contribution is -2.15. The maximum Gasteiger partial charge on any atom is 0.341 e. The molecule has 156 valence electrons.